The van der Waals surface area contributed by atoms with Gasteiger partial charge in [-0.1, -0.05) is 19.0 Å². The molecule has 0 bridgehead atoms. The van der Waals surface area contributed by atoms with Gasteiger partial charge in [0.1, 0.15) is 12.1 Å². The van der Waals surface area contributed by atoms with Gasteiger partial charge in [-0.2, -0.15) is 0 Å². The molecule has 1 aliphatic heterocycles. The van der Waals surface area contributed by atoms with Crippen LogP contribution < -0.4 is 10.6 Å². The number of hydrogen-bond donors (Lipinski definition) is 2. The van der Waals surface area contributed by atoms with Crippen LogP contribution in [0.2, 0.25) is 0 Å². The van der Waals surface area contributed by atoms with E-state index in [-0.39, 0.29) is 6.09 Å². The highest BCUT2D eigenvalue weighted by molar-refractivity contribution is 5.79. The van der Waals surface area contributed by atoms with Gasteiger partial charge in [0.25, 0.3) is 0 Å². The minimum Gasteiger partial charge on any atom is -0.444 e. The second-order valence-electron chi connectivity index (χ2n) is 9.24. The van der Waals surface area contributed by atoms with E-state index in [0.717, 1.165) is 62.7 Å². The molecule has 31 heavy (non-hydrogen) atoms. The molecule has 176 valence electrons. The third kappa shape index (κ3) is 8.42. The van der Waals surface area contributed by atoms with Gasteiger partial charge in [0.05, 0.1) is 5.69 Å². The second kappa shape index (κ2) is 12.0. The highest BCUT2D eigenvalue weighted by atomic mass is 16.6. The van der Waals surface area contributed by atoms with Crippen molar-refractivity contribution in [3.8, 4) is 0 Å². The van der Waals surface area contributed by atoms with E-state index in [1.807, 2.05) is 38.7 Å². The Hall–Kier alpha value is -2.25. The fraction of sp³-hybridized carbons (Fsp3) is 0.783. The van der Waals surface area contributed by atoms with Crippen LogP contribution in [0.15, 0.2) is 15.6 Å². The zero-order valence-corrected chi connectivity index (χ0v) is 20.2. The summed E-state index contributed by atoms with van der Waals surface area (Å²) in [5.41, 5.74) is 0.541. The third-order valence-corrected chi connectivity index (χ3v) is 5.45. The van der Waals surface area contributed by atoms with Gasteiger partial charge >= 0.3 is 6.09 Å². The topological polar surface area (TPSA) is 92.0 Å². The SMILES string of the molecule is CCNC(=NCc1cc(C(CC)CC)no1)NCC1CCCN(C(=O)OC(C)(C)C)C1. The van der Waals surface area contributed by atoms with Gasteiger partial charge in [0.2, 0.25) is 0 Å². The van der Waals surface area contributed by atoms with E-state index >= 15 is 0 Å². The van der Waals surface area contributed by atoms with E-state index in [4.69, 9.17) is 9.26 Å². The highest BCUT2D eigenvalue weighted by Crippen LogP contribution is 2.22. The number of nitrogens with one attached hydrogen (secondary N) is 2. The minimum atomic E-state index is -0.470. The molecule has 1 unspecified atom stereocenters. The van der Waals surface area contributed by atoms with Crippen LogP contribution in [0.25, 0.3) is 0 Å². The largest absolute Gasteiger partial charge is 0.444 e. The van der Waals surface area contributed by atoms with Gasteiger partial charge in [-0.05, 0) is 59.3 Å². The van der Waals surface area contributed by atoms with E-state index in [1.54, 1.807) is 0 Å². The number of aliphatic imine (C=N–C) groups is 1. The van der Waals surface area contributed by atoms with Crippen molar-refractivity contribution in [1.29, 1.82) is 0 Å². The molecule has 2 heterocycles. The van der Waals surface area contributed by atoms with Crippen LogP contribution >= 0.6 is 0 Å². The molecule has 1 aromatic rings. The van der Waals surface area contributed by atoms with Crippen molar-refractivity contribution in [2.24, 2.45) is 10.9 Å². The summed E-state index contributed by atoms with van der Waals surface area (Å²) in [7, 11) is 0. The number of hydrogen-bond acceptors (Lipinski definition) is 5. The summed E-state index contributed by atoms with van der Waals surface area (Å²) in [6, 6.07) is 2.02. The first kappa shape index (κ1) is 25.0. The molecule has 2 rings (SSSR count). The summed E-state index contributed by atoms with van der Waals surface area (Å²) in [5.74, 6) is 2.31. The Bertz CT molecular complexity index is 706. The fourth-order valence-corrected chi connectivity index (χ4v) is 3.77. The Morgan fingerprint density at radius 3 is 2.71 bits per heavy atom. The molecule has 2 N–H and O–H groups in total. The molecule has 1 atom stereocenters. The van der Waals surface area contributed by atoms with Gasteiger partial charge < -0.3 is 24.8 Å². The lowest BCUT2D eigenvalue weighted by Crippen LogP contribution is -2.47. The Balaban J connectivity index is 1.89. The number of guanidine groups is 1. The van der Waals surface area contributed by atoms with Crippen LogP contribution in [0.4, 0.5) is 4.79 Å². The van der Waals surface area contributed by atoms with Crippen LogP contribution in [-0.4, -0.2) is 53.9 Å². The number of likely N-dealkylation sites (tertiary alicyclic amines) is 1. The number of piperidine rings is 1. The van der Waals surface area contributed by atoms with Crippen LogP contribution in [0.1, 0.15) is 84.6 Å². The first-order valence-electron chi connectivity index (χ1n) is 11.7. The average Bonchev–Trinajstić information content (AvgIpc) is 3.19. The summed E-state index contributed by atoms with van der Waals surface area (Å²) >= 11 is 0. The zero-order chi connectivity index (χ0) is 22.9. The lowest BCUT2D eigenvalue weighted by Gasteiger charge is -2.34. The maximum Gasteiger partial charge on any atom is 0.410 e. The molecule has 0 radical (unpaired) electrons. The summed E-state index contributed by atoms with van der Waals surface area (Å²) in [6.45, 7) is 15.5. The first-order valence-corrected chi connectivity index (χ1v) is 11.7. The monoisotopic (exact) mass is 435 g/mol. The number of carbonyl (C=O) groups excluding carboxylic acids is 1. The fourth-order valence-electron chi connectivity index (χ4n) is 3.77. The standard InChI is InChI=1S/C23H41N5O3/c1-7-18(8-2)20-13-19(31-27-20)15-26-21(24-9-3)25-14-17-11-10-12-28(16-17)22(29)30-23(4,5)6/h13,17-18H,7-12,14-16H2,1-6H3,(H2,24,25,26). The third-order valence-electron chi connectivity index (χ3n) is 5.45. The van der Waals surface area contributed by atoms with E-state index < -0.39 is 5.60 Å². The lowest BCUT2D eigenvalue weighted by molar-refractivity contribution is 0.0168. The highest BCUT2D eigenvalue weighted by Gasteiger charge is 2.27. The van der Waals surface area contributed by atoms with Crippen LogP contribution in [0, 0.1) is 5.92 Å². The van der Waals surface area contributed by atoms with Gasteiger partial charge in [-0.25, -0.2) is 9.79 Å². The zero-order valence-electron chi connectivity index (χ0n) is 20.2. The van der Waals surface area contributed by atoms with Crippen molar-refractivity contribution in [2.75, 3.05) is 26.2 Å². The molecule has 0 aromatic carbocycles. The maximum absolute atomic E-state index is 12.4. The molecule has 1 aromatic heterocycles. The average molecular weight is 436 g/mol. The molecule has 8 nitrogen and oxygen atoms in total. The predicted octanol–water partition coefficient (Wildman–Crippen LogP) is 4.28. The van der Waals surface area contributed by atoms with E-state index in [9.17, 15) is 4.79 Å². The molecule has 0 aliphatic carbocycles. The Labute approximate surface area is 187 Å². The van der Waals surface area contributed by atoms with Crippen LogP contribution in [0.3, 0.4) is 0 Å². The van der Waals surface area contributed by atoms with Crippen LogP contribution in [-0.2, 0) is 11.3 Å². The number of nitrogens with zero attached hydrogens (tertiary/aromatic N) is 3. The number of aromatic nitrogens is 1. The Morgan fingerprint density at radius 2 is 2.06 bits per heavy atom. The smallest absolute Gasteiger partial charge is 0.410 e. The van der Waals surface area contributed by atoms with Crippen LogP contribution in [0.5, 0.6) is 0 Å². The first-order chi connectivity index (χ1) is 14.8. The summed E-state index contributed by atoms with van der Waals surface area (Å²) in [6.07, 6.45) is 3.94. The molecule has 1 amide bonds. The molecular formula is C23H41N5O3. The van der Waals surface area contributed by atoms with E-state index in [0.29, 0.717) is 24.9 Å². The Kier molecular flexibility index (Phi) is 9.65. The molecule has 1 aliphatic rings. The van der Waals surface area contributed by atoms with Crippen molar-refractivity contribution in [2.45, 2.75) is 85.3 Å². The quantitative estimate of drug-likeness (QED) is 0.468. The number of rotatable bonds is 8. The van der Waals surface area contributed by atoms with E-state index in [1.165, 1.54) is 0 Å². The van der Waals surface area contributed by atoms with Crippen molar-refractivity contribution in [3.63, 3.8) is 0 Å². The Morgan fingerprint density at radius 1 is 1.32 bits per heavy atom. The molecule has 0 spiro atoms. The summed E-state index contributed by atoms with van der Waals surface area (Å²) < 4.78 is 11.0. The molecule has 8 heteroatoms. The van der Waals surface area contributed by atoms with Gasteiger partial charge in [-0.3, -0.25) is 0 Å². The van der Waals surface area contributed by atoms with Gasteiger partial charge in [0, 0.05) is 38.2 Å². The summed E-state index contributed by atoms with van der Waals surface area (Å²) in [4.78, 5) is 18.9. The van der Waals surface area contributed by atoms with Gasteiger partial charge in [-0.15, -0.1) is 0 Å². The predicted molar refractivity (Wildman–Crippen MR) is 123 cm³/mol. The normalized spacial score (nSPS) is 17.7. The minimum absolute atomic E-state index is 0.226. The summed E-state index contributed by atoms with van der Waals surface area (Å²) in [5, 5.41) is 10.9. The van der Waals surface area contributed by atoms with Gasteiger partial charge in [0.15, 0.2) is 11.7 Å². The van der Waals surface area contributed by atoms with Crippen molar-refractivity contribution in [1.82, 2.24) is 20.7 Å². The number of carbonyl (C=O) groups is 1. The molecular weight excluding hydrogens is 394 g/mol. The number of amides is 1. The molecule has 1 saturated heterocycles. The number of ether oxygens (including phenoxy) is 1. The van der Waals surface area contributed by atoms with Crippen molar-refractivity contribution in [3.05, 3.63) is 17.5 Å². The molecule has 0 saturated carbocycles. The van der Waals surface area contributed by atoms with Crippen molar-refractivity contribution >= 4 is 12.1 Å². The maximum atomic E-state index is 12.4. The molecule has 1 fully saturated rings. The van der Waals surface area contributed by atoms with E-state index in [2.05, 4.69) is 34.6 Å². The second-order valence-corrected chi connectivity index (χ2v) is 9.24. The lowest BCUT2D eigenvalue weighted by atomic mass is 9.98. The van der Waals surface area contributed by atoms with Crippen molar-refractivity contribution < 1.29 is 14.1 Å².